The lowest BCUT2D eigenvalue weighted by atomic mass is 10.4. The zero-order valence-corrected chi connectivity index (χ0v) is 10.2. The van der Waals surface area contributed by atoms with Crippen molar-refractivity contribution >= 4 is 17.3 Å². The van der Waals surface area contributed by atoms with Gasteiger partial charge >= 0.3 is 0 Å². The van der Waals surface area contributed by atoms with Crippen LogP contribution < -0.4 is 16.0 Å². The molecular formula is C12H16N6. The first-order valence-electron chi connectivity index (χ1n) is 5.70. The van der Waals surface area contributed by atoms with Crippen LogP contribution in [0.25, 0.3) is 0 Å². The van der Waals surface area contributed by atoms with E-state index in [4.69, 9.17) is 5.73 Å². The summed E-state index contributed by atoms with van der Waals surface area (Å²) in [5.74, 6) is 1.59. The molecule has 0 aliphatic carbocycles. The normalized spacial score (nSPS) is 10.1. The minimum Gasteiger partial charge on any atom is -0.358 e. The molecule has 6 heteroatoms. The van der Waals surface area contributed by atoms with Gasteiger partial charge in [0.05, 0.1) is 0 Å². The van der Waals surface area contributed by atoms with E-state index in [2.05, 4.69) is 20.3 Å². The Morgan fingerprint density at radius 1 is 1.28 bits per heavy atom. The first kappa shape index (κ1) is 12.3. The third-order valence-electron chi connectivity index (χ3n) is 2.46. The van der Waals surface area contributed by atoms with Gasteiger partial charge in [0.2, 0.25) is 0 Å². The van der Waals surface area contributed by atoms with Gasteiger partial charge in [0, 0.05) is 44.3 Å². The third-order valence-corrected chi connectivity index (χ3v) is 2.46. The zero-order chi connectivity index (χ0) is 12.8. The van der Waals surface area contributed by atoms with Crippen LogP contribution in [-0.4, -0.2) is 35.1 Å². The lowest BCUT2D eigenvalue weighted by molar-refractivity contribution is 0.864. The van der Waals surface area contributed by atoms with Crippen molar-refractivity contribution in [1.29, 1.82) is 0 Å². The Morgan fingerprint density at radius 2 is 2.06 bits per heavy atom. The number of hydrogen-bond acceptors (Lipinski definition) is 6. The van der Waals surface area contributed by atoms with E-state index in [0.717, 1.165) is 23.9 Å². The number of hydrogen-bond donors (Lipinski definition) is 2. The largest absolute Gasteiger partial charge is 0.358 e. The predicted octanol–water partition coefficient (Wildman–Crippen LogP) is 1.01. The number of rotatable bonds is 5. The van der Waals surface area contributed by atoms with Crippen molar-refractivity contribution in [1.82, 2.24) is 15.0 Å². The molecule has 0 aliphatic rings. The topological polar surface area (TPSA) is 80.0 Å². The quantitative estimate of drug-likeness (QED) is 0.817. The Kier molecular flexibility index (Phi) is 4.03. The molecule has 0 amide bonds. The Morgan fingerprint density at radius 3 is 2.78 bits per heavy atom. The van der Waals surface area contributed by atoms with Gasteiger partial charge in [-0.2, -0.15) is 0 Å². The molecule has 0 unspecified atom stereocenters. The number of likely N-dealkylation sites (N-methyl/N-ethyl adjacent to an activating group) is 1. The minimum absolute atomic E-state index is 0.591. The van der Waals surface area contributed by atoms with E-state index in [9.17, 15) is 0 Å². The summed E-state index contributed by atoms with van der Waals surface area (Å²) in [4.78, 5) is 14.3. The monoisotopic (exact) mass is 244 g/mol. The molecule has 0 radical (unpaired) electrons. The maximum Gasteiger partial charge on any atom is 0.135 e. The van der Waals surface area contributed by atoms with Crippen LogP contribution in [0.4, 0.5) is 17.3 Å². The maximum atomic E-state index is 5.52. The van der Waals surface area contributed by atoms with Gasteiger partial charge in [-0.25, -0.2) is 9.97 Å². The highest BCUT2D eigenvalue weighted by Crippen LogP contribution is 2.16. The van der Waals surface area contributed by atoms with Gasteiger partial charge in [-0.1, -0.05) is 0 Å². The molecule has 0 saturated carbocycles. The van der Waals surface area contributed by atoms with Crippen LogP contribution in [-0.2, 0) is 0 Å². The maximum absolute atomic E-state index is 5.52. The fourth-order valence-corrected chi connectivity index (χ4v) is 1.52. The average molecular weight is 244 g/mol. The molecule has 0 spiro atoms. The Bertz CT molecular complexity index is 487. The van der Waals surface area contributed by atoms with Crippen LogP contribution >= 0.6 is 0 Å². The van der Waals surface area contributed by atoms with E-state index < -0.39 is 0 Å². The summed E-state index contributed by atoms with van der Waals surface area (Å²) >= 11 is 0. The van der Waals surface area contributed by atoms with E-state index in [1.165, 1.54) is 6.33 Å². The van der Waals surface area contributed by atoms with Crippen molar-refractivity contribution in [3.63, 3.8) is 0 Å². The van der Waals surface area contributed by atoms with Gasteiger partial charge in [-0.15, -0.1) is 0 Å². The van der Waals surface area contributed by atoms with Crippen molar-refractivity contribution in [3.05, 3.63) is 36.9 Å². The van der Waals surface area contributed by atoms with Crippen LogP contribution in [0.1, 0.15) is 0 Å². The lowest BCUT2D eigenvalue weighted by Crippen LogP contribution is -2.25. The lowest BCUT2D eigenvalue weighted by Gasteiger charge is -2.17. The number of nitrogens with two attached hydrogens (primary N) is 1. The fraction of sp³-hybridized carbons (Fsp3) is 0.250. The van der Waals surface area contributed by atoms with Gasteiger partial charge in [-0.3, -0.25) is 4.98 Å². The SMILES string of the molecule is CN(CCN)c1cc(Nc2ccncc2)ncn1. The van der Waals surface area contributed by atoms with Crippen LogP contribution in [0.5, 0.6) is 0 Å². The van der Waals surface area contributed by atoms with E-state index in [1.54, 1.807) is 12.4 Å². The Balaban J connectivity index is 2.12. The predicted molar refractivity (Wildman–Crippen MR) is 71.9 cm³/mol. The van der Waals surface area contributed by atoms with E-state index in [0.29, 0.717) is 6.54 Å². The van der Waals surface area contributed by atoms with E-state index >= 15 is 0 Å². The molecule has 18 heavy (non-hydrogen) atoms. The van der Waals surface area contributed by atoms with Crippen molar-refractivity contribution in [3.8, 4) is 0 Å². The van der Waals surface area contributed by atoms with Crippen molar-refractivity contribution < 1.29 is 0 Å². The molecule has 2 heterocycles. The van der Waals surface area contributed by atoms with E-state index in [-0.39, 0.29) is 0 Å². The highest BCUT2D eigenvalue weighted by Gasteiger charge is 2.03. The third kappa shape index (κ3) is 3.14. The summed E-state index contributed by atoms with van der Waals surface area (Å²) in [5.41, 5.74) is 6.46. The number of pyridine rings is 1. The number of nitrogens with zero attached hydrogens (tertiary/aromatic N) is 4. The highest BCUT2D eigenvalue weighted by atomic mass is 15.2. The minimum atomic E-state index is 0.591. The second kappa shape index (κ2) is 5.92. The van der Waals surface area contributed by atoms with E-state index in [1.807, 2.05) is 30.1 Å². The van der Waals surface area contributed by atoms with Gasteiger partial charge < -0.3 is 16.0 Å². The summed E-state index contributed by atoms with van der Waals surface area (Å²) in [5, 5.41) is 3.19. The van der Waals surface area contributed by atoms with Crippen LogP contribution in [0.2, 0.25) is 0 Å². The molecule has 2 rings (SSSR count). The molecule has 2 aromatic rings. The molecule has 6 nitrogen and oxygen atoms in total. The molecule has 0 fully saturated rings. The number of aromatic nitrogens is 3. The molecule has 0 bridgehead atoms. The summed E-state index contributed by atoms with van der Waals surface area (Å²) in [6.07, 6.45) is 4.99. The summed E-state index contributed by atoms with van der Waals surface area (Å²) < 4.78 is 0. The molecule has 0 saturated heterocycles. The zero-order valence-electron chi connectivity index (χ0n) is 10.2. The van der Waals surface area contributed by atoms with Crippen LogP contribution in [0.3, 0.4) is 0 Å². The standard InChI is InChI=1S/C12H16N6/c1-18(7-4-13)12-8-11(15-9-16-12)17-10-2-5-14-6-3-10/h2-3,5-6,8-9H,4,7,13H2,1H3,(H,14,15,16,17). The second-order valence-corrected chi connectivity index (χ2v) is 3.83. The summed E-state index contributed by atoms with van der Waals surface area (Å²) in [6.45, 7) is 1.35. The smallest absolute Gasteiger partial charge is 0.135 e. The van der Waals surface area contributed by atoms with Gasteiger partial charge in [-0.05, 0) is 12.1 Å². The summed E-state index contributed by atoms with van der Waals surface area (Å²) in [7, 11) is 1.95. The van der Waals surface area contributed by atoms with Gasteiger partial charge in [0.15, 0.2) is 0 Å². The average Bonchev–Trinajstić information content (AvgIpc) is 2.40. The fourth-order valence-electron chi connectivity index (χ4n) is 1.52. The van der Waals surface area contributed by atoms with Crippen LogP contribution in [0.15, 0.2) is 36.9 Å². The molecular weight excluding hydrogens is 228 g/mol. The highest BCUT2D eigenvalue weighted by molar-refractivity contribution is 5.58. The number of anilines is 3. The molecule has 2 aromatic heterocycles. The first-order valence-corrected chi connectivity index (χ1v) is 5.70. The Labute approximate surface area is 106 Å². The first-order chi connectivity index (χ1) is 8.79. The van der Waals surface area contributed by atoms with Gasteiger partial charge in [0.25, 0.3) is 0 Å². The van der Waals surface area contributed by atoms with Crippen molar-refractivity contribution in [2.24, 2.45) is 5.73 Å². The molecule has 94 valence electrons. The summed E-state index contributed by atoms with van der Waals surface area (Å²) in [6, 6.07) is 5.65. The molecule has 0 aliphatic heterocycles. The number of nitrogens with one attached hydrogen (secondary N) is 1. The molecule has 0 atom stereocenters. The van der Waals surface area contributed by atoms with Crippen molar-refractivity contribution in [2.45, 2.75) is 0 Å². The van der Waals surface area contributed by atoms with Gasteiger partial charge in [0.1, 0.15) is 18.0 Å². The second-order valence-electron chi connectivity index (χ2n) is 3.83. The van der Waals surface area contributed by atoms with Crippen LogP contribution in [0, 0.1) is 0 Å². The van der Waals surface area contributed by atoms with Crippen molar-refractivity contribution in [2.75, 3.05) is 30.4 Å². The molecule has 3 N–H and O–H groups in total. The Hall–Kier alpha value is -2.21. The molecule has 0 aromatic carbocycles.